The van der Waals surface area contributed by atoms with E-state index < -0.39 is 0 Å². The van der Waals surface area contributed by atoms with E-state index in [9.17, 15) is 4.79 Å². The molecular weight excluding hydrogens is 302 g/mol. The highest BCUT2D eigenvalue weighted by molar-refractivity contribution is 7.22. The van der Waals surface area contributed by atoms with Crippen molar-refractivity contribution in [2.45, 2.75) is 0 Å². The van der Waals surface area contributed by atoms with Crippen LogP contribution in [0.25, 0.3) is 10.2 Å². The van der Waals surface area contributed by atoms with Gasteiger partial charge in [0.2, 0.25) is 5.88 Å². The van der Waals surface area contributed by atoms with E-state index in [2.05, 4.69) is 15.3 Å². The number of nitrogens with one attached hydrogen (secondary N) is 1. The summed E-state index contributed by atoms with van der Waals surface area (Å²) in [7, 11) is 3.14. The maximum absolute atomic E-state index is 12.2. The number of carbonyl (C=O) groups excluding carboxylic acids is 1. The Kier molecular flexibility index (Phi) is 3.88. The highest BCUT2D eigenvalue weighted by Crippen LogP contribution is 2.29. The van der Waals surface area contributed by atoms with E-state index in [-0.39, 0.29) is 5.91 Å². The Balaban J connectivity index is 1.80. The van der Waals surface area contributed by atoms with E-state index in [0.717, 1.165) is 16.0 Å². The van der Waals surface area contributed by atoms with E-state index in [1.54, 1.807) is 19.2 Å². The standard InChI is InChI=1S/C15H13N3O3S/c1-20-10-4-5-11-12(7-10)22-15(17-11)18-14(19)9-3-6-13(21-2)16-8-9/h3-8H,1-2H3,(H,17,18,19). The SMILES string of the molecule is COc1ccc2nc(NC(=O)c3ccc(OC)nc3)sc2c1. The summed E-state index contributed by atoms with van der Waals surface area (Å²) in [6, 6.07) is 8.86. The third-order valence-corrected chi connectivity index (χ3v) is 3.96. The highest BCUT2D eigenvalue weighted by atomic mass is 32.1. The van der Waals surface area contributed by atoms with Crippen LogP contribution in [0.5, 0.6) is 11.6 Å². The largest absolute Gasteiger partial charge is 0.497 e. The van der Waals surface area contributed by atoms with Crippen LogP contribution in [0, 0.1) is 0 Å². The molecule has 0 radical (unpaired) electrons. The molecule has 0 saturated carbocycles. The summed E-state index contributed by atoms with van der Waals surface area (Å²) in [5.41, 5.74) is 1.26. The lowest BCUT2D eigenvalue weighted by molar-refractivity contribution is 0.102. The Morgan fingerprint density at radius 3 is 2.73 bits per heavy atom. The summed E-state index contributed by atoms with van der Waals surface area (Å²) in [6.45, 7) is 0. The van der Waals surface area contributed by atoms with Crippen molar-refractivity contribution in [1.29, 1.82) is 0 Å². The number of carbonyl (C=O) groups is 1. The van der Waals surface area contributed by atoms with E-state index in [1.807, 2.05) is 18.2 Å². The molecule has 0 bridgehead atoms. The molecule has 3 aromatic rings. The minimum atomic E-state index is -0.263. The van der Waals surface area contributed by atoms with Crippen LogP contribution >= 0.6 is 11.3 Å². The van der Waals surface area contributed by atoms with E-state index >= 15 is 0 Å². The number of hydrogen-bond donors (Lipinski definition) is 1. The van der Waals surface area contributed by atoms with Gasteiger partial charge in [-0.1, -0.05) is 11.3 Å². The minimum Gasteiger partial charge on any atom is -0.497 e. The molecule has 0 aliphatic carbocycles. The van der Waals surface area contributed by atoms with Crippen LogP contribution < -0.4 is 14.8 Å². The summed E-state index contributed by atoms with van der Waals surface area (Å²) in [5.74, 6) is 0.957. The van der Waals surface area contributed by atoms with Crippen LogP contribution in [0.15, 0.2) is 36.5 Å². The maximum Gasteiger partial charge on any atom is 0.259 e. The molecule has 0 atom stereocenters. The van der Waals surface area contributed by atoms with Crippen LogP contribution in [-0.2, 0) is 0 Å². The van der Waals surface area contributed by atoms with Gasteiger partial charge in [-0.3, -0.25) is 10.1 Å². The highest BCUT2D eigenvalue weighted by Gasteiger charge is 2.11. The van der Waals surface area contributed by atoms with Crippen molar-refractivity contribution in [3.8, 4) is 11.6 Å². The molecule has 22 heavy (non-hydrogen) atoms. The molecule has 1 N–H and O–H groups in total. The molecular formula is C15H13N3O3S. The van der Waals surface area contributed by atoms with Crippen molar-refractivity contribution in [2.75, 3.05) is 19.5 Å². The van der Waals surface area contributed by atoms with Crippen molar-refractivity contribution in [2.24, 2.45) is 0 Å². The second kappa shape index (κ2) is 5.98. The number of benzene rings is 1. The number of pyridine rings is 1. The lowest BCUT2D eigenvalue weighted by atomic mass is 10.3. The molecule has 0 saturated heterocycles. The molecule has 2 aromatic heterocycles. The predicted octanol–water partition coefficient (Wildman–Crippen LogP) is 2.96. The topological polar surface area (TPSA) is 73.3 Å². The van der Waals surface area contributed by atoms with Gasteiger partial charge in [0.15, 0.2) is 5.13 Å². The number of amides is 1. The molecule has 0 aliphatic heterocycles. The van der Waals surface area contributed by atoms with E-state index in [0.29, 0.717) is 16.6 Å². The number of anilines is 1. The van der Waals surface area contributed by atoms with Gasteiger partial charge in [-0.15, -0.1) is 0 Å². The molecule has 1 aromatic carbocycles. The van der Waals surface area contributed by atoms with Crippen LogP contribution in [0.1, 0.15) is 10.4 Å². The lowest BCUT2D eigenvalue weighted by Crippen LogP contribution is -2.11. The summed E-state index contributed by atoms with van der Waals surface area (Å²) < 4.78 is 11.1. The third kappa shape index (κ3) is 2.84. The minimum absolute atomic E-state index is 0.263. The van der Waals surface area contributed by atoms with Gasteiger partial charge >= 0.3 is 0 Å². The molecule has 0 unspecified atom stereocenters. The zero-order chi connectivity index (χ0) is 15.5. The molecule has 0 spiro atoms. The smallest absolute Gasteiger partial charge is 0.259 e. The van der Waals surface area contributed by atoms with Gasteiger partial charge in [0, 0.05) is 12.3 Å². The Hall–Kier alpha value is -2.67. The molecule has 3 rings (SSSR count). The van der Waals surface area contributed by atoms with Gasteiger partial charge in [-0.05, 0) is 24.3 Å². The Morgan fingerprint density at radius 1 is 1.18 bits per heavy atom. The van der Waals surface area contributed by atoms with Gasteiger partial charge in [-0.2, -0.15) is 0 Å². The maximum atomic E-state index is 12.2. The van der Waals surface area contributed by atoms with Gasteiger partial charge < -0.3 is 9.47 Å². The van der Waals surface area contributed by atoms with Crippen LogP contribution in [0.3, 0.4) is 0 Å². The van der Waals surface area contributed by atoms with E-state index in [4.69, 9.17) is 9.47 Å². The number of thiazole rings is 1. The Labute approximate surface area is 130 Å². The first kappa shape index (κ1) is 14.3. The fraction of sp³-hybridized carbons (Fsp3) is 0.133. The number of nitrogens with zero attached hydrogens (tertiary/aromatic N) is 2. The fourth-order valence-corrected chi connectivity index (χ4v) is 2.78. The summed E-state index contributed by atoms with van der Waals surface area (Å²) in [5, 5.41) is 3.30. The van der Waals surface area contributed by atoms with Gasteiger partial charge in [0.1, 0.15) is 5.75 Å². The van der Waals surface area contributed by atoms with Crippen molar-refractivity contribution < 1.29 is 14.3 Å². The van der Waals surface area contributed by atoms with Crippen LogP contribution in [0.4, 0.5) is 5.13 Å². The number of methoxy groups -OCH3 is 2. The number of rotatable bonds is 4. The monoisotopic (exact) mass is 315 g/mol. The van der Waals surface area contributed by atoms with Crippen molar-refractivity contribution in [3.63, 3.8) is 0 Å². The van der Waals surface area contributed by atoms with Crippen molar-refractivity contribution in [3.05, 3.63) is 42.1 Å². The van der Waals surface area contributed by atoms with Crippen LogP contribution in [-0.4, -0.2) is 30.1 Å². The van der Waals surface area contributed by atoms with Gasteiger partial charge in [0.05, 0.1) is 30.0 Å². The predicted molar refractivity (Wildman–Crippen MR) is 84.9 cm³/mol. The first-order chi connectivity index (χ1) is 10.7. The normalized spacial score (nSPS) is 10.5. The summed E-state index contributed by atoms with van der Waals surface area (Å²) in [4.78, 5) is 20.5. The van der Waals surface area contributed by atoms with Crippen LogP contribution in [0.2, 0.25) is 0 Å². The quantitative estimate of drug-likeness (QED) is 0.801. The number of aromatic nitrogens is 2. The number of hydrogen-bond acceptors (Lipinski definition) is 6. The zero-order valence-corrected chi connectivity index (χ0v) is 12.8. The average molecular weight is 315 g/mol. The Morgan fingerprint density at radius 2 is 2.05 bits per heavy atom. The molecule has 1 amide bonds. The molecule has 2 heterocycles. The summed E-state index contributed by atoms with van der Waals surface area (Å²) >= 11 is 1.39. The first-order valence-electron chi connectivity index (χ1n) is 6.45. The van der Waals surface area contributed by atoms with Gasteiger partial charge in [0.25, 0.3) is 5.91 Å². The molecule has 6 nitrogen and oxygen atoms in total. The number of fused-ring (bicyclic) bond motifs is 1. The molecule has 112 valence electrons. The lowest BCUT2D eigenvalue weighted by Gasteiger charge is -2.02. The van der Waals surface area contributed by atoms with Gasteiger partial charge in [-0.25, -0.2) is 9.97 Å². The molecule has 7 heteroatoms. The van der Waals surface area contributed by atoms with Crippen molar-refractivity contribution >= 4 is 32.6 Å². The summed E-state index contributed by atoms with van der Waals surface area (Å²) in [6.07, 6.45) is 1.46. The first-order valence-corrected chi connectivity index (χ1v) is 7.27. The average Bonchev–Trinajstić information content (AvgIpc) is 2.95. The Bertz CT molecular complexity index is 815. The third-order valence-electron chi connectivity index (χ3n) is 3.02. The fourth-order valence-electron chi connectivity index (χ4n) is 1.89. The second-order valence-corrected chi connectivity index (χ2v) is 5.43. The van der Waals surface area contributed by atoms with Crippen molar-refractivity contribution in [1.82, 2.24) is 9.97 Å². The molecule has 0 aliphatic rings. The second-order valence-electron chi connectivity index (χ2n) is 4.40. The number of ether oxygens (including phenoxy) is 2. The zero-order valence-electron chi connectivity index (χ0n) is 12.0. The molecule has 0 fully saturated rings. The van der Waals surface area contributed by atoms with E-state index in [1.165, 1.54) is 24.6 Å².